The molecule has 0 unspecified atom stereocenters. The van der Waals surface area contributed by atoms with Gasteiger partial charge in [-0.3, -0.25) is 19.5 Å². The van der Waals surface area contributed by atoms with Crippen LogP contribution in [0.4, 0.5) is 5.88 Å². The minimum Gasteiger partial charge on any atom is -0.338 e. The van der Waals surface area contributed by atoms with Gasteiger partial charge in [0.05, 0.1) is 22.3 Å². The van der Waals surface area contributed by atoms with E-state index in [1.54, 1.807) is 37.3 Å². The van der Waals surface area contributed by atoms with E-state index >= 15 is 0 Å². The summed E-state index contributed by atoms with van der Waals surface area (Å²) in [7, 11) is 0. The number of para-hydroxylation sites is 1. The molecule has 1 aromatic carbocycles. The first-order chi connectivity index (χ1) is 12.1. The number of carbonyl (C=O) groups excluding carboxylic acids is 1. The summed E-state index contributed by atoms with van der Waals surface area (Å²) in [5.74, 6) is 0.105. The number of amides is 1. The molecular weight excluding hydrogens is 340 g/mol. The molecule has 0 spiro atoms. The Balaban J connectivity index is 1.82. The Hall–Kier alpha value is -2.87. The predicted octanol–water partition coefficient (Wildman–Crippen LogP) is 2.61. The first kappa shape index (κ1) is 17.0. The molecule has 3 rings (SSSR count). The van der Waals surface area contributed by atoms with E-state index < -0.39 is 0 Å². The van der Waals surface area contributed by atoms with Gasteiger partial charge in [0.15, 0.2) is 5.16 Å². The van der Waals surface area contributed by atoms with Crippen molar-refractivity contribution in [3.05, 3.63) is 59.0 Å². The molecule has 0 fully saturated rings. The van der Waals surface area contributed by atoms with E-state index in [9.17, 15) is 9.59 Å². The Morgan fingerprint density at radius 2 is 2.24 bits per heavy atom. The molecule has 0 saturated heterocycles. The number of hydrogen-bond acceptors (Lipinski definition) is 6. The van der Waals surface area contributed by atoms with E-state index in [1.807, 2.05) is 6.07 Å². The number of aromatic nitrogens is 3. The number of anilines is 1. The summed E-state index contributed by atoms with van der Waals surface area (Å²) in [5.41, 5.74) is 1.12. The van der Waals surface area contributed by atoms with Crippen LogP contribution in [0, 0.1) is 6.92 Å². The zero-order valence-corrected chi connectivity index (χ0v) is 14.4. The SMILES string of the molecule is C=CCn1c(SCC(=O)Nc2cc(C)no2)nc2ccccc2c1=O. The molecule has 0 bridgehead atoms. The Morgan fingerprint density at radius 3 is 2.96 bits per heavy atom. The van der Waals surface area contributed by atoms with Crippen LogP contribution in [0.2, 0.25) is 0 Å². The molecule has 8 heteroatoms. The second kappa shape index (κ2) is 7.35. The van der Waals surface area contributed by atoms with Crippen LogP contribution in [0.5, 0.6) is 0 Å². The number of carbonyl (C=O) groups is 1. The van der Waals surface area contributed by atoms with E-state index in [1.165, 1.54) is 16.3 Å². The molecule has 0 radical (unpaired) electrons. The van der Waals surface area contributed by atoms with Crippen LogP contribution < -0.4 is 10.9 Å². The highest BCUT2D eigenvalue weighted by molar-refractivity contribution is 7.99. The summed E-state index contributed by atoms with van der Waals surface area (Å²) in [4.78, 5) is 29.2. The van der Waals surface area contributed by atoms with Crippen molar-refractivity contribution in [1.82, 2.24) is 14.7 Å². The lowest BCUT2D eigenvalue weighted by atomic mass is 10.2. The lowest BCUT2D eigenvalue weighted by molar-refractivity contribution is -0.113. The number of thioether (sulfide) groups is 1. The third kappa shape index (κ3) is 3.80. The molecule has 25 heavy (non-hydrogen) atoms. The number of fused-ring (bicyclic) bond motifs is 1. The van der Waals surface area contributed by atoms with Gasteiger partial charge < -0.3 is 4.52 Å². The number of aryl methyl sites for hydroxylation is 1. The molecule has 0 aliphatic carbocycles. The Kier molecular flexibility index (Phi) is 4.99. The Bertz CT molecular complexity index is 993. The third-order valence-electron chi connectivity index (χ3n) is 3.36. The molecule has 0 saturated carbocycles. The average Bonchev–Trinajstić information content (AvgIpc) is 3.01. The van der Waals surface area contributed by atoms with Gasteiger partial charge in [0.1, 0.15) is 0 Å². The fourth-order valence-corrected chi connectivity index (χ4v) is 3.08. The number of benzene rings is 1. The normalized spacial score (nSPS) is 10.8. The van der Waals surface area contributed by atoms with Gasteiger partial charge >= 0.3 is 0 Å². The lowest BCUT2D eigenvalue weighted by Gasteiger charge is -2.11. The summed E-state index contributed by atoms with van der Waals surface area (Å²) in [5, 5.41) is 7.32. The minimum absolute atomic E-state index is 0.0850. The van der Waals surface area contributed by atoms with Crippen molar-refractivity contribution in [1.29, 1.82) is 0 Å². The molecule has 0 atom stereocenters. The van der Waals surface area contributed by atoms with Crippen molar-refractivity contribution in [2.75, 3.05) is 11.1 Å². The van der Waals surface area contributed by atoms with E-state index in [0.717, 1.165) is 0 Å². The van der Waals surface area contributed by atoms with Crippen molar-refractivity contribution in [2.45, 2.75) is 18.6 Å². The molecular formula is C17H16N4O3S. The van der Waals surface area contributed by atoms with Crippen molar-refractivity contribution in [3.8, 4) is 0 Å². The van der Waals surface area contributed by atoms with Gasteiger partial charge in [0, 0.05) is 12.6 Å². The van der Waals surface area contributed by atoms with Crippen molar-refractivity contribution in [2.24, 2.45) is 0 Å². The van der Waals surface area contributed by atoms with Crippen molar-refractivity contribution < 1.29 is 9.32 Å². The van der Waals surface area contributed by atoms with E-state index in [-0.39, 0.29) is 23.1 Å². The van der Waals surface area contributed by atoms with Gasteiger partial charge in [-0.2, -0.15) is 0 Å². The smallest absolute Gasteiger partial charge is 0.262 e. The van der Waals surface area contributed by atoms with Crippen LogP contribution in [-0.4, -0.2) is 26.4 Å². The Labute approximate surface area is 147 Å². The topological polar surface area (TPSA) is 90.0 Å². The van der Waals surface area contributed by atoms with Gasteiger partial charge in [-0.1, -0.05) is 35.1 Å². The van der Waals surface area contributed by atoms with Crippen LogP contribution in [0.15, 0.2) is 57.5 Å². The number of rotatable bonds is 6. The molecule has 7 nitrogen and oxygen atoms in total. The average molecular weight is 356 g/mol. The van der Waals surface area contributed by atoms with Crippen LogP contribution in [-0.2, 0) is 11.3 Å². The number of nitrogens with zero attached hydrogens (tertiary/aromatic N) is 3. The number of hydrogen-bond donors (Lipinski definition) is 1. The monoisotopic (exact) mass is 356 g/mol. The van der Waals surface area contributed by atoms with Crippen LogP contribution in [0.1, 0.15) is 5.69 Å². The fourth-order valence-electron chi connectivity index (χ4n) is 2.27. The van der Waals surface area contributed by atoms with Crippen LogP contribution in [0.25, 0.3) is 10.9 Å². The maximum absolute atomic E-state index is 12.6. The zero-order valence-electron chi connectivity index (χ0n) is 13.6. The van der Waals surface area contributed by atoms with Gasteiger partial charge in [0.2, 0.25) is 11.8 Å². The largest absolute Gasteiger partial charge is 0.338 e. The highest BCUT2D eigenvalue weighted by Crippen LogP contribution is 2.18. The Morgan fingerprint density at radius 1 is 1.44 bits per heavy atom. The molecule has 3 aromatic rings. The van der Waals surface area contributed by atoms with Crippen LogP contribution in [0.3, 0.4) is 0 Å². The first-order valence-corrected chi connectivity index (χ1v) is 8.53. The zero-order chi connectivity index (χ0) is 17.8. The van der Waals surface area contributed by atoms with Crippen molar-refractivity contribution in [3.63, 3.8) is 0 Å². The maximum Gasteiger partial charge on any atom is 0.262 e. The summed E-state index contributed by atoms with van der Waals surface area (Å²) in [6, 6.07) is 8.75. The summed E-state index contributed by atoms with van der Waals surface area (Å²) in [6.45, 7) is 5.76. The second-order valence-electron chi connectivity index (χ2n) is 5.29. The van der Waals surface area contributed by atoms with Gasteiger partial charge in [-0.05, 0) is 19.1 Å². The third-order valence-corrected chi connectivity index (χ3v) is 4.34. The summed E-state index contributed by atoms with van der Waals surface area (Å²) in [6.07, 6.45) is 1.62. The maximum atomic E-state index is 12.6. The number of allylic oxidation sites excluding steroid dienone is 1. The molecule has 2 aromatic heterocycles. The molecule has 2 heterocycles. The predicted molar refractivity (Wildman–Crippen MR) is 96.8 cm³/mol. The fraction of sp³-hybridized carbons (Fsp3) is 0.176. The van der Waals surface area contributed by atoms with Crippen LogP contribution >= 0.6 is 11.8 Å². The summed E-state index contributed by atoms with van der Waals surface area (Å²) < 4.78 is 6.46. The molecule has 0 aliphatic heterocycles. The standard InChI is InChI=1S/C17H16N4O3S/c1-3-8-21-16(23)12-6-4-5-7-13(12)18-17(21)25-10-14(22)19-15-9-11(2)20-24-15/h3-7,9H,1,8,10H2,2H3,(H,19,22). The van der Waals surface area contributed by atoms with Gasteiger partial charge in [0.25, 0.3) is 5.56 Å². The molecule has 0 aliphatic rings. The molecule has 1 amide bonds. The second-order valence-corrected chi connectivity index (χ2v) is 6.23. The quantitative estimate of drug-likeness (QED) is 0.415. The van der Waals surface area contributed by atoms with E-state index in [2.05, 4.69) is 22.0 Å². The number of nitrogens with one attached hydrogen (secondary N) is 1. The first-order valence-electron chi connectivity index (χ1n) is 7.55. The van der Waals surface area contributed by atoms with Crippen molar-refractivity contribution >= 4 is 34.5 Å². The van der Waals surface area contributed by atoms with E-state index in [0.29, 0.717) is 28.3 Å². The lowest BCUT2D eigenvalue weighted by Crippen LogP contribution is -2.23. The van der Waals surface area contributed by atoms with E-state index in [4.69, 9.17) is 4.52 Å². The molecule has 128 valence electrons. The highest BCUT2D eigenvalue weighted by atomic mass is 32.2. The minimum atomic E-state index is -0.270. The highest BCUT2D eigenvalue weighted by Gasteiger charge is 2.13. The van der Waals surface area contributed by atoms with Gasteiger partial charge in [-0.25, -0.2) is 4.98 Å². The summed E-state index contributed by atoms with van der Waals surface area (Å²) >= 11 is 1.18. The van der Waals surface area contributed by atoms with Gasteiger partial charge in [-0.15, -0.1) is 6.58 Å². The molecule has 1 N–H and O–H groups in total.